The van der Waals surface area contributed by atoms with Gasteiger partial charge in [-0.1, -0.05) is 0 Å². The molecule has 4 rings (SSSR count). The van der Waals surface area contributed by atoms with Crippen LogP contribution in [-0.4, -0.2) is 73.6 Å². The lowest BCUT2D eigenvalue weighted by Gasteiger charge is -2.21. The molecular formula is C22H30N8O2. The molecule has 0 bridgehead atoms. The van der Waals surface area contributed by atoms with Crippen molar-refractivity contribution in [3.05, 3.63) is 35.5 Å². The first-order chi connectivity index (χ1) is 15.5. The maximum Gasteiger partial charge on any atom is 0.317 e. The van der Waals surface area contributed by atoms with Crippen LogP contribution in [0.2, 0.25) is 0 Å². The molecule has 0 unspecified atom stereocenters. The van der Waals surface area contributed by atoms with Gasteiger partial charge in [-0.2, -0.15) is 4.98 Å². The molecule has 32 heavy (non-hydrogen) atoms. The maximum absolute atomic E-state index is 12.5. The Morgan fingerprint density at radius 3 is 2.84 bits per heavy atom. The highest BCUT2D eigenvalue weighted by Gasteiger charge is 2.26. The van der Waals surface area contributed by atoms with Gasteiger partial charge >= 0.3 is 6.03 Å². The lowest BCUT2D eigenvalue weighted by atomic mass is 10.1. The van der Waals surface area contributed by atoms with Gasteiger partial charge in [0.05, 0.1) is 6.54 Å². The van der Waals surface area contributed by atoms with E-state index in [1.807, 2.05) is 31.3 Å². The largest absolute Gasteiger partial charge is 0.341 e. The Labute approximate surface area is 188 Å². The second-order valence-corrected chi connectivity index (χ2v) is 8.12. The summed E-state index contributed by atoms with van der Waals surface area (Å²) >= 11 is 0. The smallest absolute Gasteiger partial charge is 0.317 e. The van der Waals surface area contributed by atoms with E-state index in [1.54, 1.807) is 19.0 Å². The number of fused-ring (bicyclic) bond motifs is 1. The Bertz CT molecular complexity index is 1000. The standard InChI is InChI=1S/C22H30N8O2/c1-15-12-25-21(29-9-4-7-24-8-10-29)27-20(15)26-17-5-6-18-16(11-17)13-30(22(32)23-2)14-19(31)28(18)3/h5-6,11-12,24H,4,7-10,13-14H2,1-3H3,(H,23,32)(H,25,26,27). The molecule has 10 nitrogen and oxygen atoms in total. The Morgan fingerprint density at radius 1 is 1.19 bits per heavy atom. The van der Waals surface area contributed by atoms with Crippen molar-refractivity contribution in [2.45, 2.75) is 19.9 Å². The Hall–Kier alpha value is -3.40. The van der Waals surface area contributed by atoms with Crippen LogP contribution in [0.1, 0.15) is 17.5 Å². The number of nitrogens with zero attached hydrogens (tertiary/aromatic N) is 5. The number of nitrogens with one attached hydrogen (secondary N) is 3. The SMILES string of the molecule is CNC(=O)N1CC(=O)N(C)c2ccc(Nc3nc(N4CCCNCC4)ncc3C)cc2C1. The number of anilines is 4. The van der Waals surface area contributed by atoms with E-state index in [4.69, 9.17) is 4.98 Å². The number of benzene rings is 1. The summed E-state index contributed by atoms with van der Waals surface area (Å²) in [4.78, 5) is 39.3. The second kappa shape index (κ2) is 9.39. The third kappa shape index (κ3) is 4.59. The monoisotopic (exact) mass is 438 g/mol. The first-order valence-corrected chi connectivity index (χ1v) is 10.9. The van der Waals surface area contributed by atoms with Gasteiger partial charge in [0.1, 0.15) is 12.4 Å². The molecule has 0 saturated carbocycles. The second-order valence-electron chi connectivity index (χ2n) is 8.12. The molecule has 1 aromatic heterocycles. The summed E-state index contributed by atoms with van der Waals surface area (Å²) in [5.74, 6) is 1.33. The van der Waals surface area contributed by atoms with Gasteiger partial charge < -0.3 is 30.7 Å². The molecular weight excluding hydrogens is 408 g/mol. The normalized spacial score (nSPS) is 16.8. The average molecular weight is 439 g/mol. The fraction of sp³-hybridized carbons (Fsp3) is 0.455. The Morgan fingerprint density at radius 2 is 2.03 bits per heavy atom. The average Bonchev–Trinajstić information content (AvgIpc) is 3.14. The fourth-order valence-corrected chi connectivity index (χ4v) is 3.98. The number of aryl methyl sites for hydroxylation is 1. The zero-order valence-corrected chi connectivity index (χ0v) is 18.8. The fourth-order valence-electron chi connectivity index (χ4n) is 3.98. The van der Waals surface area contributed by atoms with Gasteiger partial charge in [-0.3, -0.25) is 4.79 Å². The van der Waals surface area contributed by atoms with E-state index >= 15 is 0 Å². The van der Waals surface area contributed by atoms with Gasteiger partial charge in [-0.25, -0.2) is 9.78 Å². The summed E-state index contributed by atoms with van der Waals surface area (Å²) < 4.78 is 0. The number of carbonyl (C=O) groups is 2. The van der Waals surface area contributed by atoms with E-state index in [0.717, 1.165) is 60.9 Å². The number of rotatable bonds is 3. The molecule has 10 heteroatoms. The van der Waals surface area contributed by atoms with Crippen LogP contribution in [0.15, 0.2) is 24.4 Å². The zero-order chi connectivity index (χ0) is 22.7. The van der Waals surface area contributed by atoms with Crippen LogP contribution in [0.4, 0.5) is 27.9 Å². The summed E-state index contributed by atoms with van der Waals surface area (Å²) in [6.45, 7) is 6.06. The number of carbonyl (C=O) groups excluding carboxylic acids is 2. The first kappa shape index (κ1) is 21.8. The van der Waals surface area contributed by atoms with Gasteiger partial charge in [0.2, 0.25) is 11.9 Å². The minimum Gasteiger partial charge on any atom is -0.341 e. The molecule has 2 aliphatic rings. The molecule has 0 atom stereocenters. The highest BCUT2D eigenvalue weighted by atomic mass is 16.2. The summed E-state index contributed by atoms with van der Waals surface area (Å²) in [5.41, 5.74) is 3.46. The number of urea groups is 1. The quantitative estimate of drug-likeness (QED) is 0.666. The molecule has 0 spiro atoms. The molecule has 2 aromatic rings. The van der Waals surface area contributed by atoms with Crippen molar-refractivity contribution >= 4 is 35.1 Å². The Balaban J connectivity index is 1.60. The van der Waals surface area contributed by atoms with E-state index in [-0.39, 0.29) is 18.5 Å². The van der Waals surface area contributed by atoms with Crippen LogP contribution in [0, 0.1) is 6.92 Å². The van der Waals surface area contributed by atoms with E-state index in [9.17, 15) is 9.59 Å². The van der Waals surface area contributed by atoms with Crippen LogP contribution < -0.4 is 25.8 Å². The highest BCUT2D eigenvalue weighted by Crippen LogP contribution is 2.29. The highest BCUT2D eigenvalue weighted by molar-refractivity contribution is 5.98. The van der Waals surface area contributed by atoms with Crippen LogP contribution in [-0.2, 0) is 11.3 Å². The predicted octanol–water partition coefficient (Wildman–Crippen LogP) is 1.45. The van der Waals surface area contributed by atoms with Gasteiger partial charge in [0.25, 0.3) is 0 Å². The van der Waals surface area contributed by atoms with E-state index in [1.165, 1.54) is 4.90 Å². The van der Waals surface area contributed by atoms with E-state index in [2.05, 4.69) is 25.8 Å². The van der Waals surface area contributed by atoms with Crippen LogP contribution >= 0.6 is 0 Å². The van der Waals surface area contributed by atoms with Crippen molar-refractivity contribution in [2.24, 2.45) is 0 Å². The number of hydrogen-bond donors (Lipinski definition) is 3. The van der Waals surface area contributed by atoms with Gasteiger partial charge in [0.15, 0.2) is 0 Å². The summed E-state index contributed by atoms with van der Waals surface area (Å²) in [6, 6.07) is 5.52. The zero-order valence-electron chi connectivity index (χ0n) is 18.8. The minimum atomic E-state index is -0.277. The van der Waals surface area contributed by atoms with Crippen LogP contribution in [0.25, 0.3) is 0 Å². The van der Waals surface area contributed by atoms with Crippen molar-refractivity contribution in [3.63, 3.8) is 0 Å². The first-order valence-electron chi connectivity index (χ1n) is 10.9. The Kier molecular flexibility index (Phi) is 6.40. The number of likely N-dealkylation sites (N-methyl/N-ethyl adjacent to an activating group) is 1. The van der Waals surface area contributed by atoms with Crippen LogP contribution in [0.5, 0.6) is 0 Å². The van der Waals surface area contributed by atoms with Crippen LogP contribution in [0.3, 0.4) is 0 Å². The molecule has 0 radical (unpaired) electrons. The molecule has 1 aromatic carbocycles. The van der Waals surface area contributed by atoms with Crippen molar-refractivity contribution in [1.82, 2.24) is 25.5 Å². The van der Waals surface area contributed by atoms with Gasteiger partial charge in [-0.15, -0.1) is 0 Å². The van der Waals surface area contributed by atoms with Crippen molar-refractivity contribution in [1.29, 1.82) is 0 Å². The van der Waals surface area contributed by atoms with Crippen molar-refractivity contribution in [3.8, 4) is 0 Å². The topological polar surface area (TPSA) is 106 Å². The van der Waals surface area contributed by atoms with E-state index in [0.29, 0.717) is 12.5 Å². The minimum absolute atomic E-state index is 0.0344. The molecule has 0 aliphatic carbocycles. The third-order valence-electron chi connectivity index (χ3n) is 5.85. The molecule has 170 valence electrons. The number of amides is 3. The lowest BCUT2D eigenvalue weighted by molar-refractivity contribution is -0.118. The van der Waals surface area contributed by atoms with Gasteiger partial charge in [0, 0.05) is 56.9 Å². The van der Waals surface area contributed by atoms with Crippen molar-refractivity contribution in [2.75, 3.05) is 61.9 Å². The van der Waals surface area contributed by atoms with E-state index < -0.39 is 0 Å². The van der Waals surface area contributed by atoms with Gasteiger partial charge in [-0.05, 0) is 43.7 Å². The number of hydrogen-bond acceptors (Lipinski definition) is 7. The molecule has 1 saturated heterocycles. The molecule has 2 aliphatic heterocycles. The summed E-state index contributed by atoms with van der Waals surface area (Å²) in [7, 11) is 3.30. The summed E-state index contributed by atoms with van der Waals surface area (Å²) in [5, 5.41) is 9.41. The molecule has 3 N–H and O–H groups in total. The lowest BCUT2D eigenvalue weighted by Crippen LogP contribution is -2.42. The summed E-state index contributed by atoms with van der Waals surface area (Å²) in [6.07, 6.45) is 2.89. The molecule has 3 heterocycles. The van der Waals surface area contributed by atoms with Crippen molar-refractivity contribution < 1.29 is 9.59 Å². The predicted molar refractivity (Wildman–Crippen MR) is 124 cm³/mol. The maximum atomic E-state index is 12.5. The molecule has 3 amide bonds. The number of aromatic nitrogens is 2. The third-order valence-corrected chi connectivity index (χ3v) is 5.85. The molecule has 1 fully saturated rings.